The largest absolute Gasteiger partial charge is 0.462 e. The van der Waals surface area contributed by atoms with Gasteiger partial charge >= 0.3 is 5.97 Å². The summed E-state index contributed by atoms with van der Waals surface area (Å²) in [5.41, 5.74) is 2.86. The molecule has 0 radical (unpaired) electrons. The third kappa shape index (κ3) is 3.14. The van der Waals surface area contributed by atoms with E-state index in [2.05, 4.69) is 0 Å². The van der Waals surface area contributed by atoms with Crippen LogP contribution in [0.15, 0.2) is 47.4 Å². The number of benzene rings is 2. The van der Waals surface area contributed by atoms with Crippen molar-refractivity contribution >= 4 is 21.7 Å². The van der Waals surface area contributed by atoms with Crippen molar-refractivity contribution in [1.29, 1.82) is 0 Å². The minimum Gasteiger partial charge on any atom is -0.462 e. The lowest BCUT2D eigenvalue weighted by atomic mass is 9.98. The van der Waals surface area contributed by atoms with E-state index < -0.39 is 16.0 Å². The minimum absolute atomic E-state index is 0.0863. The van der Waals surface area contributed by atoms with E-state index >= 15 is 0 Å². The topological polar surface area (TPSA) is 63.7 Å². The van der Waals surface area contributed by atoms with Gasteiger partial charge in [0.2, 0.25) is 0 Å². The van der Waals surface area contributed by atoms with Gasteiger partial charge in [-0.1, -0.05) is 24.6 Å². The number of carbonyl (C=O) groups is 1. The highest BCUT2D eigenvalue weighted by Crippen LogP contribution is 2.36. The second kappa shape index (κ2) is 6.52. The maximum atomic E-state index is 13.0. The van der Waals surface area contributed by atoms with Crippen LogP contribution in [0.5, 0.6) is 0 Å². The van der Waals surface area contributed by atoms with Crippen LogP contribution >= 0.6 is 0 Å². The number of carbonyl (C=O) groups excluding carboxylic acids is 1. The van der Waals surface area contributed by atoms with Crippen LogP contribution in [0.4, 0.5) is 5.69 Å². The number of sulfonamides is 1. The lowest BCUT2D eigenvalue weighted by molar-refractivity contribution is 0.0526. The van der Waals surface area contributed by atoms with Gasteiger partial charge in [-0.05, 0) is 49.7 Å². The highest BCUT2D eigenvalue weighted by molar-refractivity contribution is 7.93. The number of hydrogen-bond acceptors (Lipinski definition) is 4. The van der Waals surface area contributed by atoms with Gasteiger partial charge in [0.15, 0.2) is 0 Å². The first-order chi connectivity index (χ1) is 11.8. The Morgan fingerprint density at radius 3 is 2.52 bits per heavy atom. The van der Waals surface area contributed by atoms with Gasteiger partial charge < -0.3 is 4.74 Å². The number of esters is 1. The van der Waals surface area contributed by atoms with Gasteiger partial charge in [-0.25, -0.2) is 13.2 Å². The van der Waals surface area contributed by atoms with E-state index in [-0.39, 0.29) is 5.92 Å². The van der Waals surface area contributed by atoms with Crippen molar-refractivity contribution in [2.45, 2.75) is 31.6 Å². The number of anilines is 1. The van der Waals surface area contributed by atoms with Crippen LogP contribution in [0.2, 0.25) is 0 Å². The van der Waals surface area contributed by atoms with Crippen molar-refractivity contribution in [3.63, 3.8) is 0 Å². The predicted molar refractivity (Wildman–Crippen MR) is 96.5 cm³/mol. The number of aryl methyl sites for hydroxylation is 1. The van der Waals surface area contributed by atoms with Crippen LogP contribution in [0, 0.1) is 6.92 Å². The second-order valence-corrected chi connectivity index (χ2v) is 8.08. The standard InChI is InChI=1S/C19H21NO4S/c1-4-24-19(21)15-6-8-16(9-7-15)20-12-14(3)17-11-13(2)5-10-18(17)25(20,22)23/h5-11,14H,4,12H2,1-3H3. The monoisotopic (exact) mass is 359 g/mol. The van der Waals surface area contributed by atoms with E-state index in [4.69, 9.17) is 4.74 Å². The maximum Gasteiger partial charge on any atom is 0.338 e. The Balaban J connectivity index is 1.98. The van der Waals surface area contributed by atoms with E-state index in [0.717, 1.165) is 11.1 Å². The van der Waals surface area contributed by atoms with Gasteiger partial charge in [-0.3, -0.25) is 4.31 Å². The molecule has 0 fully saturated rings. The predicted octanol–water partition coefficient (Wildman–Crippen LogP) is 3.48. The van der Waals surface area contributed by atoms with Crippen LogP contribution in [0.25, 0.3) is 0 Å². The van der Waals surface area contributed by atoms with Gasteiger partial charge in [0.05, 0.1) is 22.8 Å². The first kappa shape index (κ1) is 17.5. The van der Waals surface area contributed by atoms with Crippen molar-refractivity contribution in [2.24, 2.45) is 0 Å². The summed E-state index contributed by atoms with van der Waals surface area (Å²) in [4.78, 5) is 12.1. The quantitative estimate of drug-likeness (QED) is 0.787. The molecule has 0 aromatic heterocycles. The van der Waals surface area contributed by atoms with Crippen molar-refractivity contribution in [1.82, 2.24) is 0 Å². The number of fused-ring (bicyclic) bond motifs is 1. The average molecular weight is 359 g/mol. The molecule has 1 aliphatic rings. The summed E-state index contributed by atoms with van der Waals surface area (Å²) < 4.78 is 32.4. The minimum atomic E-state index is -3.61. The van der Waals surface area contributed by atoms with Gasteiger partial charge in [-0.15, -0.1) is 0 Å². The normalized spacial score (nSPS) is 18.5. The summed E-state index contributed by atoms with van der Waals surface area (Å²) in [6.07, 6.45) is 0. The molecule has 1 aliphatic heterocycles. The Hall–Kier alpha value is -2.34. The lowest BCUT2D eigenvalue weighted by Crippen LogP contribution is -2.39. The average Bonchev–Trinajstić information content (AvgIpc) is 2.58. The molecule has 1 unspecified atom stereocenters. The van der Waals surface area contributed by atoms with Gasteiger partial charge in [0.1, 0.15) is 0 Å². The molecule has 5 nitrogen and oxygen atoms in total. The van der Waals surface area contributed by atoms with Crippen LogP contribution in [-0.4, -0.2) is 27.5 Å². The Morgan fingerprint density at radius 2 is 1.88 bits per heavy atom. The Bertz CT molecular complexity index is 904. The second-order valence-electron chi connectivity index (χ2n) is 6.25. The van der Waals surface area contributed by atoms with Crippen molar-refractivity contribution < 1.29 is 17.9 Å². The molecule has 0 amide bonds. The molecular formula is C19H21NO4S. The molecule has 1 atom stereocenters. The van der Waals surface area contributed by atoms with Crippen LogP contribution in [-0.2, 0) is 14.8 Å². The van der Waals surface area contributed by atoms with E-state index in [1.165, 1.54) is 4.31 Å². The van der Waals surface area contributed by atoms with Gasteiger partial charge in [0, 0.05) is 12.5 Å². The number of rotatable bonds is 3. The van der Waals surface area contributed by atoms with Crippen LogP contribution < -0.4 is 4.31 Å². The van der Waals surface area contributed by atoms with E-state index in [1.807, 2.05) is 26.0 Å². The fourth-order valence-electron chi connectivity index (χ4n) is 3.07. The fraction of sp³-hybridized carbons (Fsp3) is 0.316. The summed E-state index contributed by atoms with van der Waals surface area (Å²) in [6, 6.07) is 11.9. The third-order valence-electron chi connectivity index (χ3n) is 4.37. The first-order valence-corrected chi connectivity index (χ1v) is 9.69. The number of nitrogens with zero attached hydrogens (tertiary/aromatic N) is 1. The Kier molecular flexibility index (Phi) is 4.56. The zero-order valence-electron chi connectivity index (χ0n) is 14.5. The molecule has 0 bridgehead atoms. The first-order valence-electron chi connectivity index (χ1n) is 8.25. The molecule has 0 N–H and O–H groups in total. The molecule has 3 rings (SSSR count). The highest BCUT2D eigenvalue weighted by atomic mass is 32.2. The molecule has 0 spiro atoms. The van der Waals surface area contributed by atoms with Gasteiger partial charge in [0.25, 0.3) is 10.0 Å². The molecule has 0 saturated heterocycles. The molecule has 25 heavy (non-hydrogen) atoms. The smallest absolute Gasteiger partial charge is 0.338 e. The Morgan fingerprint density at radius 1 is 1.20 bits per heavy atom. The van der Waals surface area contributed by atoms with E-state index in [0.29, 0.717) is 29.3 Å². The molecule has 0 aliphatic carbocycles. The van der Waals surface area contributed by atoms with Crippen molar-refractivity contribution in [2.75, 3.05) is 17.5 Å². The zero-order valence-corrected chi connectivity index (χ0v) is 15.3. The summed E-state index contributed by atoms with van der Waals surface area (Å²) in [5.74, 6) is -0.326. The molecule has 6 heteroatoms. The molecular weight excluding hydrogens is 338 g/mol. The fourth-order valence-corrected chi connectivity index (χ4v) is 4.93. The van der Waals surface area contributed by atoms with Crippen molar-refractivity contribution in [3.05, 3.63) is 59.2 Å². The summed E-state index contributed by atoms with van der Waals surface area (Å²) in [5, 5.41) is 0. The van der Waals surface area contributed by atoms with E-state index in [1.54, 1.807) is 37.3 Å². The summed E-state index contributed by atoms with van der Waals surface area (Å²) in [6.45, 7) is 6.40. The third-order valence-corrected chi connectivity index (χ3v) is 6.24. The van der Waals surface area contributed by atoms with Crippen LogP contribution in [0.1, 0.15) is 41.3 Å². The summed E-state index contributed by atoms with van der Waals surface area (Å²) >= 11 is 0. The molecule has 2 aromatic carbocycles. The molecule has 1 heterocycles. The summed E-state index contributed by atoms with van der Waals surface area (Å²) in [7, 11) is -3.61. The SMILES string of the molecule is CCOC(=O)c1ccc(N2CC(C)c3cc(C)ccc3S2(=O)=O)cc1. The molecule has 0 saturated carbocycles. The number of hydrogen-bond donors (Lipinski definition) is 0. The molecule has 132 valence electrons. The van der Waals surface area contributed by atoms with Gasteiger partial charge in [-0.2, -0.15) is 0 Å². The Labute approximate surface area is 148 Å². The number of ether oxygens (including phenoxy) is 1. The molecule has 2 aromatic rings. The lowest BCUT2D eigenvalue weighted by Gasteiger charge is -2.34. The van der Waals surface area contributed by atoms with Crippen molar-refractivity contribution in [3.8, 4) is 0 Å². The maximum absolute atomic E-state index is 13.0. The zero-order chi connectivity index (χ0) is 18.2. The van der Waals surface area contributed by atoms with Crippen LogP contribution in [0.3, 0.4) is 0 Å². The highest BCUT2D eigenvalue weighted by Gasteiger charge is 2.35. The van der Waals surface area contributed by atoms with E-state index in [9.17, 15) is 13.2 Å².